The normalized spacial score (nSPS) is 22.2. The zero-order chi connectivity index (χ0) is 18.5. The fraction of sp³-hybridized carbons (Fsp3) is 0.389. The zero-order valence-corrected chi connectivity index (χ0v) is 13.6. The van der Waals surface area contributed by atoms with Crippen LogP contribution in [0.1, 0.15) is 30.4 Å². The van der Waals surface area contributed by atoms with Crippen LogP contribution >= 0.6 is 0 Å². The van der Waals surface area contributed by atoms with E-state index in [9.17, 15) is 22.8 Å². The highest BCUT2D eigenvalue weighted by Crippen LogP contribution is 2.54. The average molecular weight is 368 g/mol. The van der Waals surface area contributed by atoms with Gasteiger partial charge in [-0.3, -0.25) is 0 Å². The SMILES string of the molecule is [O-][n+]1cccc2c1Nc1ccc(F)cc1C2(OCC1CCC1)C(F)(F)F. The number of halogens is 4. The number of hydrogen-bond acceptors (Lipinski definition) is 3. The van der Waals surface area contributed by atoms with Gasteiger partial charge in [0.25, 0.3) is 5.82 Å². The van der Waals surface area contributed by atoms with E-state index in [0.717, 1.165) is 37.6 Å². The van der Waals surface area contributed by atoms with Gasteiger partial charge in [0, 0.05) is 5.56 Å². The third kappa shape index (κ3) is 2.43. The van der Waals surface area contributed by atoms with E-state index in [4.69, 9.17) is 4.74 Å². The van der Waals surface area contributed by atoms with Crippen LogP contribution in [0.25, 0.3) is 0 Å². The molecule has 1 aromatic carbocycles. The Kier molecular flexibility index (Phi) is 3.83. The maximum absolute atomic E-state index is 14.4. The third-order valence-corrected chi connectivity index (χ3v) is 5.11. The summed E-state index contributed by atoms with van der Waals surface area (Å²) in [6, 6.07) is 5.47. The monoisotopic (exact) mass is 368 g/mol. The molecule has 26 heavy (non-hydrogen) atoms. The lowest BCUT2D eigenvalue weighted by atomic mass is 9.81. The van der Waals surface area contributed by atoms with Crippen molar-refractivity contribution in [3.05, 3.63) is 58.7 Å². The Morgan fingerprint density at radius 1 is 1.23 bits per heavy atom. The molecule has 1 saturated carbocycles. The number of pyridine rings is 1. The minimum Gasteiger partial charge on any atom is -0.711 e. The van der Waals surface area contributed by atoms with Gasteiger partial charge < -0.3 is 9.94 Å². The molecule has 1 aliphatic heterocycles. The summed E-state index contributed by atoms with van der Waals surface area (Å²) in [6.45, 7) is -0.108. The highest BCUT2D eigenvalue weighted by atomic mass is 19.4. The summed E-state index contributed by atoms with van der Waals surface area (Å²) in [5.74, 6) is -1.04. The molecule has 2 heterocycles. The number of fused-ring (bicyclic) bond motifs is 2. The van der Waals surface area contributed by atoms with E-state index in [0.29, 0.717) is 4.73 Å². The summed E-state index contributed by atoms with van der Waals surface area (Å²) in [6.07, 6.45) is -1.23. The second kappa shape index (κ2) is 5.84. The lowest BCUT2D eigenvalue weighted by Crippen LogP contribution is -2.51. The van der Waals surface area contributed by atoms with Gasteiger partial charge >= 0.3 is 6.18 Å². The zero-order valence-electron chi connectivity index (χ0n) is 13.6. The first-order valence-electron chi connectivity index (χ1n) is 8.33. The first kappa shape index (κ1) is 17.1. The van der Waals surface area contributed by atoms with Crippen LogP contribution in [-0.4, -0.2) is 12.8 Å². The van der Waals surface area contributed by atoms with Crippen molar-refractivity contribution in [2.24, 2.45) is 5.92 Å². The lowest BCUT2D eigenvalue weighted by molar-refractivity contribution is -0.591. The highest BCUT2D eigenvalue weighted by Gasteiger charge is 2.64. The molecule has 1 fully saturated rings. The summed E-state index contributed by atoms with van der Waals surface area (Å²) in [5, 5.41) is 14.8. The van der Waals surface area contributed by atoms with Gasteiger partial charge in [-0.25, -0.2) is 14.4 Å². The van der Waals surface area contributed by atoms with Gasteiger partial charge in [-0.2, -0.15) is 13.2 Å². The first-order valence-corrected chi connectivity index (χ1v) is 8.33. The third-order valence-electron chi connectivity index (χ3n) is 5.11. The van der Waals surface area contributed by atoms with Crippen molar-refractivity contribution >= 4 is 11.5 Å². The van der Waals surface area contributed by atoms with Crippen molar-refractivity contribution in [1.82, 2.24) is 0 Å². The second-order valence-corrected chi connectivity index (χ2v) is 6.70. The molecular weight excluding hydrogens is 352 g/mol. The largest absolute Gasteiger partial charge is 0.711 e. The summed E-state index contributed by atoms with van der Waals surface area (Å²) in [5.41, 5.74) is -3.63. The van der Waals surface area contributed by atoms with Gasteiger partial charge in [-0.15, -0.1) is 0 Å². The Balaban J connectivity index is 1.95. The summed E-state index contributed by atoms with van der Waals surface area (Å²) < 4.78 is 62.9. The molecule has 1 unspecified atom stereocenters. The predicted molar refractivity (Wildman–Crippen MR) is 85.2 cm³/mol. The molecule has 2 aromatic rings. The Labute approximate surface area is 147 Å². The van der Waals surface area contributed by atoms with Gasteiger partial charge in [-0.1, -0.05) is 6.42 Å². The van der Waals surface area contributed by atoms with E-state index < -0.39 is 17.6 Å². The average Bonchev–Trinajstić information content (AvgIpc) is 2.52. The molecule has 2 aliphatic rings. The molecule has 1 aliphatic carbocycles. The number of nitrogens with zero attached hydrogens (tertiary/aromatic N) is 1. The predicted octanol–water partition coefficient (Wildman–Crippen LogP) is 4.14. The van der Waals surface area contributed by atoms with Crippen LogP contribution in [0.15, 0.2) is 36.5 Å². The van der Waals surface area contributed by atoms with Crippen LogP contribution < -0.4 is 10.0 Å². The Morgan fingerprint density at radius 3 is 2.65 bits per heavy atom. The topological polar surface area (TPSA) is 48.2 Å². The molecule has 1 N–H and O–H groups in total. The number of benzene rings is 1. The van der Waals surface area contributed by atoms with Gasteiger partial charge in [0.1, 0.15) is 11.5 Å². The Morgan fingerprint density at radius 2 is 2.00 bits per heavy atom. The van der Waals surface area contributed by atoms with Crippen molar-refractivity contribution in [2.45, 2.75) is 31.0 Å². The van der Waals surface area contributed by atoms with Crippen LogP contribution in [0.2, 0.25) is 0 Å². The van der Waals surface area contributed by atoms with Crippen molar-refractivity contribution in [3.8, 4) is 0 Å². The highest BCUT2D eigenvalue weighted by molar-refractivity contribution is 5.71. The number of ether oxygens (including phenoxy) is 1. The molecule has 0 bridgehead atoms. The van der Waals surface area contributed by atoms with Crippen LogP contribution in [-0.2, 0) is 10.3 Å². The van der Waals surface area contributed by atoms with E-state index in [-0.39, 0.29) is 35.2 Å². The fourth-order valence-corrected chi connectivity index (χ4v) is 3.53. The van der Waals surface area contributed by atoms with Crippen LogP contribution in [0.4, 0.5) is 29.1 Å². The van der Waals surface area contributed by atoms with Crippen LogP contribution in [0, 0.1) is 16.9 Å². The van der Waals surface area contributed by atoms with E-state index in [1.54, 1.807) is 0 Å². The number of alkyl halides is 3. The number of nitrogens with one attached hydrogen (secondary N) is 1. The molecule has 4 nitrogen and oxygen atoms in total. The van der Waals surface area contributed by atoms with Gasteiger partial charge in [0.2, 0.25) is 5.60 Å². The van der Waals surface area contributed by atoms with E-state index >= 15 is 0 Å². The van der Waals surface area contributed by atoms with Crippen molar-refractivity contribution in [1.29, 1.82) is 0 Å². The molecule has 0 spiro atoms. The molecular formula is C18H16F4N2O2. The van der Waals surface area contributed by atoms with Crippen molar-refractivity contribution < 1.29 is 27.0 Å². The number of anilines is 2. The van der Waals surface area contributed by atoms with Gasteiger partial charge in [-0.05, 0) is 49.1 Å². The molecule has 1 atom stereocenters. The number of rotatable bonds is 3. The maximum atomic E-state index is 14.4. The molecule has 1 aromatic heterocycles. The fourth-order valence-electron chi connectivity index (χ4n) is 3.53. The summed E-state index contributed by atoms with van der Waals surface area (Å²) in [7, 11) is 0. The van der Waals surface area contributed by atoms with Crippen molar-refractivity contribution in [2.75, 3.05) is 11.9 Å². The van der Waals surface area contributed by atoms with Gasteiger partial charge in [0.15, 0.2) is 0 Å². The second-order valence-electron chi connectivity index (χ2n) is 6.70. The number of hydrogen-bond donors (Lipinski definition) is 1. The van der Waals surface area contributed by atoms with E-state index in [1.807, 2.05) is 0 Å². The standard InChI is InChI=1S/C18H16F4N2O2/c19-12-6-7-15-14(9-12)17(18(20,21)22,26-10-11-3-1-4-11)13-5-2-8-24(25)16(13)23-15/h2,5-9,11,23H,1,3-4,10H2. The smallest absolute Gasteiger partial charge is 0.426 e. The summed E-state index contributed by atoms with van der Waals surface area (Å²) in [4.78, 5) is 0. The quantitative estimate of drug-likeness (QED) is 0.503. The van der Waals surface area contributed by atoms with Crippen LogP contribution in [0.3, 0.4) is 0 Å². The lowest BCUT2D eigenvalue weighted by Gasteiger charge is -2.41. The number of aromatic nitrogens is 1. The van der Waals surface area contributed by atoms with Crippen molar-refractivity contribution in [3.63, 3.8) is 0 Å². The van der Waals surface area contributed by atoms with E-state index in [1.165, 1.54) is 18.2 Å². The van der Waals surface area contributed by atoms with Gasteiger partial charge in [0.05, 0.1) is 18.4 Å². The first-order chi connectivity index (χ1) is 12.3. The molecule has 4 rings (SSSR count). The van der Waals surface area contributed by atoms with Crippen LogP contribution in [0.5, 0.6) is 0 Å². The minimum absolute atomic E-state index is 0.000587. The minimum atomic E-state index is -4.88. The molecule has 8 heteroatoms. The molecule has 0 radical (unpaired) electrons. The Hall–Kier alpha value is -2.35. The maximum Gasteiger partial charge on any atom is 0.426 e. The Bertz CT molecular complexity index is 848. The molecule has 138 valence electrons. The molecule has 0 amide bonds. The molecule has 0 saturated heterocycles. The summed E-state index contributed by atoms with van der Waals surface area (Å²) >= 11 is 0. The van der Waals surface area contributed by atoms with E-state index in [2.05, 4.69) is 5.32 Å².